The zero-order valence-corrected chi connectivity index (χ0v) is 14.6. The van der Waals surface area contributed by atoms with Crippen molar-refractivity contribution < 1.29 is 9.53 Å². The molecule has 1 aromatic heterocycles. The van der Waals surface area contributed by atoms with Crippen LogP contribution < -0.4 is 5.32 Å². The summed E-state index contributed by atoms with van der Waals surface area (Å²) in [5.74, 6) is 0. The van der Waals surface area contributed by atoms with Gasteiger partial charge in [0.2, 0.25) is 0 Å². The van der Waals surface area contributed by atoms with Crippen LogP contribution in [0.1, 0.15) is 46.7 Å². The number of hydrogen-bond acceptors (Lipinski definition) is 4. The van der Waals surface area contributed by atoms with E-state index < -0.39 is 5.60 Å². The molecule has 1 N–H and O–H groups in total. The van der Waals surface area contributed by atoms with Crippen LogP contribution >= 0.6 is 0 Å². The van der Waals surface area contributed by atoms with E-state index in [1.165, 1.54) is 5.69 Å². The van der Waals surface area contributed by atoms with Crippen LogP contribution in [0.25, 0.3) is 0 Å². The van der Waals surface area contributed by atoms with Crippen LogP contribution in [0.2, 0.25) is 0 Å². The van der Waals surface area contributed by atoms with Gasteiger partial charge >= 0.3 is 6.09 Å². The van der Waals surface area contributed by atoms with Crippen LogP contribution in [0.4, 0.5) is 4.79 Å². The number of hydrogen-bond donors (Lipinski definition) is 1. The summed E-state index contributed by atoms with van der Waals surface area (Å²) in [5.41, 5.74) is 0.715. The maximum absolute atomic E-state index is 12.0. The number of ether oxygens (including phenoxy) is 1. The van der Waals surface area contributed by atoms with Crippen LogP contribution in [-0.4, -0.2) is 46.0 Å². The van der Waals surface area contributed by atoms with Crippen LogP contribution in [0.3, 0.4) is 0 Å². The first kappa shape index (κ1) is 18.5. The van der Waals surface area contributed by atoms with Crippen LogP contribution in [0.5, 0.6) is 0 Å². The second-order valence-electron chi connectivity index (χ2n) is 6.28. The fraction of sp³-hybridized carbons (Fsp3) is 0.750. The summed E-state index contributed by atoms with van der Waals surface area (Å²) >= 11 is 0. The molecule has 0 spiro atoms. The Balaban J connectivity index is 2.35. The molecule has 0 bridgehead atoms. The number of aromatic nitrogens is 2. The quantitative estimate of drug-likeness (QED) is 0.750. The van der Waals surface area contributed by atoms with Crippen molar-refractivity contribution in [1.82, 2.24) is 20.0 Å². The molecule has 6 nitrogen and oxygen atoms in total. The van der Waals surface area contributed by atoms with E-state index in [-0.39, 0.29) is 6.09 Å². The minimum absolute atomic E-state index is 0.257. The molecule has 126 valence electrons. The highest BCUT2D eigenvalue weighted by Gasteiger charge is 2.20. The van der Waals surface area contributed by atoms with Gasteiger partial charge in [0, 0.05) is 38.9 Å². The average Bonchev–Trinajstić information content (AvgIpc) is 2.84. The first-order chi connectivity index (χ1) is 10.4. The lowest BCUT2D eigenvalue weighted by molar-refractivity contribution is 0.0262. The maximum Gasteiger partial charge on any atom is 0.410 e. The Morgan fingerprint density at radius 1 is 1.41 bits per heavy atom. The third-order valence-electron chi connectivity index (χ3n) is 3.14. The summed E-state index contributed by atoms with van der Waals surface area (Å²) in [6.45, 7) is 13.4. The smallest absolute Gasteiger partial charge is 0.410 e. The summed E-state index contributed by atoms with van der Waals surface area (Å²) in [6.07, 6.45) is 2.63. The predicted octanol–water partition coefficient (Wildman–Crippen LogP) is 2.64. The minimum Gasteiger partial charge on any atom is -0.444 e. The third-order valence-corrected chi connectivity index (χ3v) is 3.14. The van der Waals surface area contributed by atoms with Gasteiger partial charge in [0.25, 0.3) is 0 Å². The number of rotatable bonds is 8. The molecule has 1 aromatic rings. The molecule has 0 aliphatic rings. The van der Waals surface area contributed by atoms with Crippen molar-refractivity contribution in [3.8, 4) is 0 Å². The number of amides is 1. The number of carbonyl (C=O) groups excluding carboxylic acids is 1. The molecule has 0 saturated carbocycles. The second-order valence-corrected chi connectivity index (χ2v) is 6.28. The van der Waals surface area contributed by atoms with Gasteiger partial charge in [-0.05, 0) is 40.2 Å². The molecule has 0 saturated heterocycles. The molecule has 0 unspecified atom stereocenters. The van der Waals surface area contributed by atoms with Gasteiger partial charge < -0.3 is 15.0 Å². The molecule has 0 fully saturated rings. The SMILES string of the molecule is CCCn1nccc1CNCCN(CC)C(=O)OC(C)(C)C. The van der Waals surface area contributed by atoms with Gasteiger partial charge in [-0.25, -0.2) is 4.79 Å². The van der Waals surface area contributed by atoms with Gasteiger partial charge in [0.05, 0.1) is 5.69 Å². The summed E-state index contributed by atoms with van der Waals surface area (Å²) in [4.78, 5) is 13.7. The van der Waals surface area contributed by atoms with E-state index in [9.17, 15) is 4.79 Å². The standard InChI is InChI=1S/C16H30N4O2/c1-6-11-20-14(8-9-18-20)13-17-10-12-19(7-2)15(21)22-16(3,4)5/h8-9,17H,6-7,10-13H2,1-5H3. The molecule has 1 rings (SSSR count). The molecular weight excluding hydrogens is 280 g/mol. The van der Waals surface area contributed by atoms with E-state index in [0.717, 1.165) is 26.1 Å². The Morgan fingerprint density at radius 3 is 2.73 bits per heavy atom. The number of likely N-dealkylation sites (N-methyl/N-ethyl adjacent to an activating group) is 1. The zero-order valence-electron chi connectivity index (χ0n) is 14.6. The molecular formula is C16H30N4O2. The van der Waals surface area contributed by atoms with E-state index in [4.69, 9.17) is 4.74 Å². The Hall–Kier alpha value is -1.56. The molecule has 22 heavy (non-hydrogen) atoms. The van der Waals surface area contributed by atoms with Gasteiger partial charge in [0.15, 0.2) is 0 Å². The molecule has 1 heterocycles. The van der Waals surface area contributed by atoms with Crippen molar-refractivity contribution in [3.63, 3.8) is 0 Å². The predicted molar refractivity (Wildman–Crippen MR) is 87.7 cm³/mol. The summed E-state index contributed by atoms with van der Waals surface area (Å²) in [5, 5.41) is 7.66. The largest absolute Gasteiger partial charge is 0.444 e. The Kier molecular flexibility index (Phi) is 7.38. The molecule has 0 atom stereocenters. The fourth-order valence-corrected chi connectivity index (χ4v) is 2.06. The summed E-state index contributed by atoms with van der Waals surface area (Å²) in [7, 11) is 0. The molecule has 0 aliphatic heterocycles. The Morgan fingerprint density at radius 2 is 2.14 bits per heavy atom. The highest BCUT2D eigenvalue weighted by atomic mass is 16.6. The highest BCUT2D eigenvalue weighted by molar-refractivity contribution is 5.68. The van der Waals surface area contributed by atoms with Crippen molar-refractivity contribution in [2.24, 2.45) is 0 Å². The van der Waals surface area contributed by atoms with Crippen molar-refractivity contribution in [2.75, 3.05) is 19.6 Å². The first-order valence-electron chi connectivity index (χ1n) is 8.06. The number of nitrogens with one attached hydrogen (secondary N) is 1. The van der Waals surface area contributed by atoms with Crippen molar-refractivity contribution in [2.45, 2.75) is 59.7 Å². The third kappa shape index (κ3) is 6.47. The number of aryl methyl sites for hydroxylation is 1. The van der Waals surface area contributed by atoms with Gasteiger partial charge in [-0.15, -0.1) is 0 Å². The van der Waals surface area contributed by atoms with Crippen LogP contribution in [-0.2, 0) is 17.8 Å². The Bertz CT molecular complexity index is 451. The van der Waals surface area contributed by atoms with E-state index in [2.05, 4.69) is 17.3 Å². The van der Waals surface area contributed by atoms with Crippen LogP contribution in [0, 0.1) is 0 Å². The van der Waals surface area contributed by atoms with Gasteiger partial charge in [-0.2, -0.15) is 5.10 Å². The molecule has 1 amide bonds. The Labute approximate surface area is 133 Å². The molecule has 0 aromatic carbocycles. The second kappa shape index (κ2) is 8.78. The van der Waals surface area contributed by atoms with E-state index in [1.54, 1.807) is 4.90 Å². The summed E-state index contributed by atoms with van der Waals surface area (Å²) < 4.78 is 7.40. The minimum atomic E-state index is -0.454. The number of carbonyl (C=O) groups is 1. The molecule has 0 radical (unpaired) electrons. The van der Waals surface area contributed by atoms with E-state index >= 15 is 0 Å². The zero-order chi connectivity index (χ0) is 16.6. The van der Waals surface area contributed by atoms with Gasteiger partial charge in [-0.1, -0.05) is 6.92 Å². The normalized spacial score (nSPS) is 11.5. The lowest BCUT2D eigenvalue weighted by atomic mass is 10.2. The van der Waals surface area contributed by atoms with Crippen molar-refractivity contribution in [3.05, 3.63) is 18.0 Å². The lowest BCUT2D eigenvalue weighted by Gasteiger charge is -2.26. The van der Waals surface area contributed by atoms with Gasteiger partial charge in [-0.3, -0.25) is 4.68 Å². The van der Waals surface area contributed by atoms with Crippen LogP contribution in [0.15, 0.2) is 12.3 Å². The molecule has 6 heteroatoms. The topological polar surface area (TPSA) is 59.4 Å². The average molecular weight is 310 g/mol. The van der Waals surface area contributed by atoms with Crippen molar-refractivity contribution >= 4 is 6.09 Å². The van der Waals surface area contributed by atoms with Crippen molar-refractivity contribution in [1.29, 1.82) is 0 Å². The highest BCUT2D eigenvalue weighted by Crippen LogP contribution is 2.09. The van der Waals surface area contributed by atoms with E-state index in [1.807, 2.05) is 44.6 Å². The monoisotopic (exact) mass is 310 g/mol. The van der Waals surface area contributed by atoms with E-state index in [0.29, 0.717) is 13.1 Å². The number of nitrogens with zero attached hydrogens (tertiary/aromatic N) is 3. The maximum atomic E-state index is 12.0. The summed E-state index contributed by atoms with van der Waals surface area (Å²) in [6, 6.07) is 2.02. The fourth-order valence-electron chi connectivity index (χ4n) is 2.06. The lowest BCUT2D eigenvalue weighted by Crippen LogP contribution is -2.40. The van der Waals surface area contributed by atoms with Gasteiger partial charge in [0.1, 0.15) is 5.60 Å². The molecule has 0 aliphatic carbocycles. The first-order valence-corrected chi connectivity index (χ1v) is 8.06.